The Hall–Kier alpha value is -2.57. The van der Waals surface area contributed by atoms with Gasteiger partial charge in [0.1, 0.15) is 0 Å². The zero-order chi connectivity index (χ0) is 15.4. The molecular formula is C14H17N3O4. The smallest absolute Gasteiger partial charge is 0.322 e. The maximum absolute atomic E-state index is 11.6. The Morgan fingerprint density at radius 3 is 2.52 bits per heavy atom. The molecule has 1 aromatic heterocycles. The molecule has 0 spiro atoms. The monoisotopic (exact) mass is 291 g/mol. The van der Waals surface area contributed by atoms with E-state index >= 15 is 0 Å². The molecule has 1 heterocycles. The van der Waals surface area contributed by atoms with Crippen molar-refractivity contribution in [2.45, 2.75) is 13.8 Å². The molecule has 0 radical (unpaired) electrons. The second-order valence-corrected chi connectivity index (χ2v) is 4.63. The number of aromatic nitrogens is 2. The van der Waals surface area contributed by atoms with Crippen LogP contribution < -0.4 is 14.8 Å². The molecule has 0 saturated carbocycles. The molecule has 1 amide bonds. The predicted molar refractivity (Wildman–Crippen MR) is 76.3 cm³/mol. The summed E-state index contributed by atoms with van der Waals surface area (Å²) >= 11 is 0. The van der Waals surface area contributed by atoms with Gasteiger partial charge in [0, 0.05) is 11.5 Å². The molecule has 21 heavy (non-hydrogen) atoms. The zero-order valence-electron chi connectivity index (χ0n) is 12.3. The summed E-state index contributed by atoms with van der Waals surface area (Å²) in [6.07, 6.45) is 0. The van der Waals surface area contributed by atoms with Crippen molar-refractivity contribution in [2.75, 3.05) is 19.5 Å². The van der Waals surface area contributed by atoms with E-state index in [0.717, 1.165) is 0 Å². The fourth-order valence-corrected chi connectivity index (χ4v) is 1.61. The van der Waals surface area contributed by atoms with Crippen molar-refractivity contribution < 1.29 is 18.7 Å². The molecular weight excluding hydrogens is 274 g/mol. The maximum Gasteiger partial charge on any atom is 0.322 e. The third-order valence-corrected chi connectivity index (χ3v) is 2.81. The predicted octanol–water partition coefficient (Wildman–Crippen LogP) is 2.35. The summed E-state index contributed by atoms with van der Waals surface area (Å²) in [5.41, 5.74) is 0.671. The van der Waals surface area contributed by atoms with Crippen LogP contribution in [0.3, 0.4) is 0 Å². The minimum absolute atomic E-state index is 0.0680. The summed E-state index contributed by atoms with van der Waals surface area (Å²) in [6.45, 7) is 3.56. The largest absolute Gasteiger partial charge is 0.493 e. The van der Waals surface area contributed by atoms with Crippen molar-refractivity contribution in [1.82, 2.24) is 10.2 Å². The molecule has 0 unspecified atom stereocenters. The molecule has 0 saturated heterocycles. The number of carbonyl (C=O) groups excluding carboxylic acids is 1. The van der Waals surface area contributed by atoms with Crippen LogP contribution >= 0.6 is 0 Å². The number of anilines is 1. The zero-order valence-corrected chi connectivity index (χ0v) is 12.3. The topological polar surface area (TPSA) is 86.5 Å². The van der Waals surface area contributed by atoms with Crippen LogP contribution in [0.15, 0.2) is 22.6 Å². The number of benzene rings is 1. The van der Waals surface area contributed by atoms with E-state index in [1.54, 1.807) is 46.3 Å². The molecule has 112 valence electrons. The van der Waals surface area contributed by atoms with Crippen LogP contribution in [0.5, 0.6) is 11.5 Å². The van der Waals surface area contributed by atoms with Crippen molar-refractivity contribution in [2.24, 2.45) is 5.92 Å². The number of nitrogens with zero attached hydrogens (tertiary/aromatic N) is 2. The van der Waals surface area contributed by atoms with Gasteiger partial charge in [-0.25, -0.2) is 0 Å². The molecule has 0 aliphatic heterocycles. The lowest BCUT2D eigenvalue weighted by molar-refractivity contribution is -0.119. The van der Waals surface area contributed by atoms with Crippen LogP contribution in [0, 0.1) is 5.92 Å². The van der Waals surface area contributed by atoms with Gasteiger partial charge in [-0.15, -0.1) is 5.10 Å². The third kappa shape index (κ3) is 3.31. The first-order valence-corrected chi connectivity index (χ1v) is 6.42. The van der Waals surface area contributed by atoms with Gasteiger partial charge in [0.25, 0.3) is 0 Å². The van der Waals surface area contributed by atoms with Crippen molar-refractivity contribution in [3.05, 3.63) is 18.2 Å². The maximum atomic E-state index is 11.6. The Bertz CT molecular complexity index is 637. The Balaban J connectivity index is 2.23. The van der Waals surface area contributed by atoms with Gasteiger partial charge in [-0.1, -0.05) is 18.9 Å². The van der Waals surface area contributed by atoms with Gasteiger partial charge in [0.05, 0.1) is 14.2 Å². The number of amides is 1. The minimum Gasteiger partial charge on any atom is -0.493 e. The van der Waals surface area contributed by atoms with E-state index in [-0.39, 0.29) is 23.7 Å². The van der Waals surface area contributed by atoms with E-state index < -0.39 is 0 Å². The van der Waals surface area contributed by atoms with Crippen molar-refractivity contribution in [3.63, 3.8) is 0 Å². The summed E-state index contributed by atoms with van der Waals surface area (Å²) in [4.78, 5) is 11.6. The molecule has 0 atom stereocenters. The van der Waals surface area contributed by atoms with Gasteiger partial charge in [-0.2, -0.15) is 0 Å². The lowest BCUT2D eigenvalue weighted by atomic mass is 10.2. The number of rotatable bonds is 5. The van der Waals surface area contributed by atoms with E-state index in [4.69, 9.17) is 13.9 Å². The first-order valence-electron chi connectivity index (χ1n) is 6.42. The van der Waals surface area contributed by atoms with E-state index in [0.29, 0.717) is 17.1 Å². The summed E-state index contributed by atoms with van der Waals surface area (Å²) in [5, 5.41) is 10.2. The van der Waals surface area contributed by atoms with Gasteiger partial charge in [0.15, 0.2) is 11.5 Å². The highest BCUT2D eigenvalue weighted by molar-refractivity contribution is 5.90. The van der Waals surface area contributed by atoms with E-state index in [1.807, 2.05) is 0 Å². The SMILES string of the molecule is COc1ccc(-c2nnc(NC(=O)C(C)C)o2)cc1OC. The molecule has 0 bridgehead atoms. The fraction of sp³-hybridized carbons (Fsp3) is 0.357. The summed E-state index contributed by atoms with van der Waals surface area (Å²) in [6, 6.07) is 5.30. The van der Waals surface area contributed by atoms with Crippen molar-refractivity contribution in [3.8, 4) is 23.0 Å². The molecule has 7 nitrogen and oxygen atoms in total. The van der Waals surface area contributed by atoms with E-state index in [9.17, 15) is 4.79 Å². The van der Waals surface area contributed by atoms with Gasteiger partial charge in [0.2, 0.25) is 11.8 Å². The first kappa shape index (κ1) is 14.8. The average molecular weight is 291 g/mol. The molecule has 2 rings (SSSR count). The lowest BCUT2D eigenvalue weighted by Crippen LogP contribution is -2.17. The number of ether oxygens (including phenoxy) is 2. The summed E-state index contributed by atoms with van der Waals surface area (Å²) in [7, 11) is 3.10. The number of nitrogens with one attached hydrogen (secondary N) is 1. The molecule has 2 aromatic rings. The average Bonchev–Trinajstić information content (AvgIpc) is 2.94. The van der Waals surface area contributed by atoms with Gasteiger partial charge < -0.3 is 13.9 Å². The van der Waals surface area contributed by atoms with Crippen LogP contribution in [0.25, 0.3) is 11.5 Å². The number of carbonyl (C=O) groups is 1. The quantitative estimate of drug-likeness (QED) is 0.910. The van der Waals surface area contributed by atoms with E-state index in [2.05, 4.69) is 15.5 Å². The minimum atomic E-state index is -0.183. The Morgan fingerprint density at radius 1 is 1.19 bits per heavy atom. The van der Waals surface area contributed by atoms with Crippen LogP contribution in [-0.4, -0.2) is 30.3 Å². The second kappa shape index (κ2) is 6.25. The summed E-state index contributed by atoms with van der Waals surface area (Å²) < 4.78 is 15.8. The molecule has 1 aromatic carbocycles. The van der Waals surface area contributed by atoms with Crippen molar-refractivity contribution in [1.29, 1.82) is 0 Å². The lowest BCUT2D eigenvalue weighted by Gasteiger charge is -2.07. The van der Waals surface area contributed by atoms with Crippen molar-refractivity contribution >= 4 is 11.9 Å². The molecule has 0 aliphatic rings. The van der Waals surface area contributed by atoms with E-state index in [1.165, 1.54) is 0 Å². The second-order valence-electron chi connectivity index (χ2n) is 4.63. The standard InChI is InChI=1S/C14H17N3O4/c1-8(2)12(18)15-14-17-16-13(21-14)9-5-6-10(19-3)11(7-9)20-4/h5-8H,1-4H3,(H,15,17,18). The fourth-order valence-electron chi connectivity index (χ4n) is 1.61. The molecule has 7 heteroatoms. The van der Waals surface area contributed by atoms with Crippen LogP contribution in [0.1, 0.15) is 13.8 Å². The highest BCUT2D eigenvalue weighted by Crippen LogP contribution is 2.32. The molecule has 0 fully saturated rings. The Kier molecular flexibility index (Phi) is 4.42. The van der Waals surface area contributed by atoms with Gasteiger partial charge in [-0.05, 0) is 18.2 Å². The van der Waals surface area contributed by atoms with Gasteiger partial charge in [-0.3, -0.25) is 10.1 Å². The first-order chi connectivity index (χ1) is 10.0. The van der Waals surface area contributed by atoms with Crippen LogP contribution in [-0.2, 0) is 4.79 Å². The Labute approximate surface area is 122 Å². The molecule has 0 aliphatic carbocycles. The number of methoxy groups -OCH3 is 2. The summed E-state index contributed by atoms with van der Waals surface area (Å²) in [5.74, 6) is 1.10. The number of hydrogen-bond acceptors (Lipinski definition) is 6. The molecule has 1 N–H and O–H groups in total. The van der Waals surface area contributed by atoms with Crippen LogP contribution in [0.2, 0.25) is 0 Å². The van der Waals surface area contributed by atoms with Crippen LogP contribution in [0.4, 0.5) is 6.01 Å². The highest BCUT2D eigenvalue weighted by Gasteiger charge is 2.15. The normalized spacial score (nSPS) is 10.5. The number of hydrogen-bond donors (Lipinski definition) is 1. The highest BCUT2D eigenvalue weighted by atomic mass is 16.5. The van der Waals surface area contributed by atoms with Gasteiger partial charge >= 0.3 is 6.01 Å². The Morgan fingerprint density at radius 2 is 1.90 bits per heavy atom. The third-order valence-electron chi connectivity index (χ3n) is 2.81.